The van der Waals surface area contributed by atoms with Crippen LogP contribution < -0.4 is 5.32 Å². The van der Waals surface area contributed by atoms with E-state index in [0.717, 1.165) is 6.54 Å². The molecule has 0 saturated heterocycles. The van der Waals surface area contributed by atoms with Gasteiger partial charge in [0.05, 0.1) is 6.61 Å². The van der Waals surface area contributed by atoms with E-state index in [4.69, 9.17) is 9.47 Å². The summed E-state index contributed by atoms with van der Waals surface area (Å²) in [5.41, 5.74) is -0.464. The van der Waals surface area contributed by atoms with Crippen LogP contribution in [0.5, 0.6) is 0 Å². The third-order valence-electron chi connectivity index (χ3n) is 2.15. The van der Waals surface area contributed by atoms with Crippen molar-refractivity contribution < 1.29 is 14.3 Å². The molecule has 0 aliphatic rings. The van der Waals surface area contributed by atoms with Gasteiger partial charge >= 0.3 is 6.09 Å². The summed E-state index contributed by atoms with van der Waals surface area (Å²) < 4.78 is 10.4. The Bertz CT molecular complexity index is 237. The average Bonchev–Trinajstić information content (AvgIpc) is 2.19. The first-order valence-corrected chi connectivity index (χ1v) is 6.46. The molecule has 0 unspecified atom stereocenters. The van der Waals surface area contributed by atoms with Crippen LogP contribution in [0.25, 0.3) is 0 Å². The van der Waals surface area contributed by atoms with E-state index in [9.17, 15) is 4.79 Å². The van der Waals surface area contributed by atoms with Gasteiger partial charge in [-0.2, -0.15) is 0 Å². The maximum atomic E-state index is 12.0. The molecule has 1 amide bonds. The lowest BCUT2D eigenvalue weighted by Crippen LogP contribution is -2.42. The molecule has 5 heteroatoms. The zero-order chi connectivity index (χ0) is 14.2. The summed E-state index contributed by atoms with van der Waals surface area (Å²) in [6.45, 7) is 12.2. The van der Waals surface area contributed by atoms with Gasteiger partial charge < -0.3 is 19.7 Å². The molecule has 0 bridgehead atoms. The van der Waals surface area contributed by atoms with Gasteiger partial charge in [-0.1, -0.05) is 13.8 Å². The quantitative estimate of drug-likeness (QED) is 0.759. The fourth-order valence-corrected chi connectivity index (χ4v) is 1.31. The number of nitrogens with one attached hydrogen (secondary N) is 1. The number of rotatable bonds is 7. The number of hydrogen-bond donors (Lipinski definition) is 1. The summed E-state index contributed by atoms with van der Waals surface area (Å²) in [7, 11) is 1.62. The normalized spacial score (nSPS) is 11.7. The number of ether oxygens (including phenoxy) is 2. The van der Waals surface area contributed by atoms with E-state index in [1.54, 1.807) is 12.0 Å². The average molecular weight is 260 g/mol. The van der Waals surface area contributed by atoms with Gasteiger partial charge in [0.25, 0.3) is 0 Å². The van der Waals surface area contributed by atoms with Crippen LogP contribution in [-0.4, -0.2) is 56.0 Å². The summed E-state index contributed by atoms with van der Waals surface area (Å²) in [5, 5.41) is 3.28. The van der Waals surface area contributed by atoms with E-state index in [2.05, 4.69) is 19.2 Å². The molecule has 5 nitrogen and oxygen atoms in total. The molecule has 0 fully saturated rings. The Morgan fingerprint density at radius 3 is 2.33 bits per heavy atom. The highest BCUT2D eigenvalue weighted by atomic mass is 16.6. The summed E-state index contributed by atoms with van der Waals surface area (Å²) in [6.07, 6.45) is -0.287. The monoisotopic (exact) mass is 260 g/mol. The minimum Gasteiger partial charge on any atom is -0.444 e. The fourth-order valence-electron chi connectivity index (χ4n) is 1.31. The Hall–Kier alpha value is -0.810. The Balaban J connectivity index is 4.24. The predicted octanol–water partition coefficient (Wildman–Crippen LogP) is 1.87. The van der Waals surface area contributed by atoms with Gasteiger partial charge in [-0.25, -0.2) is 4.79 Å². The molecule has 0 atom stereocenters. The van der Waals surface area contributed by atoms with Crippen LogP contribution >= 0.6 is 0 Å². The highest BCUT2D eigenvalue weighted by Gasteiger charge is 2.21. The van der Waals surface area contributed by atoms with Gasteiger partial charge in [0.2, 0.25) is 0 Å². The van der Waals surface area contributed by atoms with Crippen molar-refractivity contribution in [3.8, 4) is 0 Å². The third-order valence-corrected chi connectivity index (χ3v) is 2.15. The van der Waals surface area contributed by atoms with Crippen molar-refractivity contribution in [3.05, 3.63) is 0 Å². The molecule has 1 N–H and O–H groups in total. The molecule has 0 spiro atoms. The third kappa shape index (κ3) is 9.24. The van der Waals surface area contributed by atoms with E-state index >= 15 is 0 Å². The largest absolute Gasteiger partial charge is 0.444 e. The van der Waals surface area contributed by atoms with Gasteiger partial charge in [-0.05, 0) is 20.8 Å². The topological polar surface area (TPSA) is 50.8 Å². The van der Waals surface area contributed by atoms with Crippen molar-refractivity contribution in [1.29, 1.82) is 0 Å². The van der Waals surface area contributed by atoms with Crippen LogP contribution in [0.2, 0.25) is 0 Å². The first-order valence-electron chi connectivity index (χ1n) is 6.46. The summed E-state index contributed by atoms with van der Waals surface area (Å²) >= 11 is 0. The van der Waals surface area contributed by atoms with Crippen molar-refractivity contribution in [2.24, 2.45) is 0 Å². The Kier molecular flexibility index (Phi) is 7.95. The van der Waals surface area contributed by atoms with Crippen LogP contribution in [0.15, 0.2) is 0 Å². The SMILES string of the molecule is COCCN(CCNC(C)C)C(=O)OC(C)(C)C. The molecule has 0 aromatic carbocycles. The first-order chi connectivity index (χ1) is 8.26. The lowest BCUT2D eigenvalue weighted by atomic mass is 10.2. The van der Waals surface area contributed by atoms with Gasteiger partial charge in [0.1, 0.15) is 5.60 Å². The lowest BCUT2D eigenvalue weighted by Gasteiger charge is -2.27. The molecular weight excluding hydrogens is 232 g/mol. The van der Waals surface area contributed by atoms with Gasteiger partial charge in [-0.15, -0.1) is 0 Å². The number of carbonyl (C=O) groups is 1. The Morgan fingerprint density at radius 2 is 1.89 bits per heavy atom. The second-order valence-electron chi connectivity index (χ2n) is 5.57. The van der Waals surface area contributed by atoms with Crippen LogP contribution in [0.1, 0.15) is 34.6 Å². The van der Waals surface area contributed by atoms with Crippen LogP contribution in [-0.2, 0) is 9.47 Å². The van der Waals surface area contributed by atoms with Crippen molar-refractivity contribution >= 4 is 6.09 Å². The molecule has 0 saturated carbocycles. The highest BCUT2D eigenvalue weighted by molar-refractivity contribution is 5.68. The highest BCUT2D eigenvalue weighted by Crippen LogP contribution is 2.09. The van der Waals surface area contributed by atoms with Crippen LogP contribution in [0.4, 0.5) is 4.79 Å². The Labute approximate surface area is 111 Å². The zero-order valence-corrected chi connectivity index (χ0v) is 12.6. The summed E-state index contributed by atoms with van der Waals surface area (Å²) in [5.74, 6) is 0. The van der Waals surface area contributed by atoms with Crippen molar-refractivity contribution in [2.75, 3.05) is 33.4 Å². The molecule has 0 aromatic rings. The molecule has 0 aromatic heterocycles. The lowest BCUT2D eigenvalue weighted by molar-refractivity contribution is 0.0203. The number of hydrogen-bond acceptors (Lipinski definition) is 4. The first kappa shape index (κ1) is 17.2. The van der Waals surface area contributed by atoms with Gasteiger partial charge in [0.15, 0.2) is 0 Å². The van der Waals surface area contributed by atoms with Crippen LogP contribution in [0, 0.1) is 0 Å². The number of methoxy groups -OCH3 is 1. The second-order valence-corrected chi connectivity index (χ2v) is 5.57. The van der Waals surface area contributed by atoms with Gasteiger partial charge in [0, 0.05) is 32.8 Å². The van der Waals surface area contributed by atoms with Crippen molar-refractivity contribution in [3.63, 3.8) is 0 Å². The maximum Gasteiger partial charge on any atom is 0.410 e. The molecule has 108 valence electrons. The predicted molar refractivity (Wildman–Crippen MR) is 72.8 cm³/mol. The van der Waals surface area contributed by atoms with E-state index in [1.165, 1.54) is 0 Å². The van der Waals surface area contributed by atoms with E-state index < -0.39 is 5.60 Å². The number of carbonyl (C=O) groups excluding carboxylic acids is 1. The van der Waals surface area contributed by atoms with Crippen molar-refractivity contribution in [1.82, 2.24) is 10.2 Å². The second kappa shape index (κ2) is 8.32. The molecule has 0 aliphatic heterocycles. The molecule has 0 aliphatic carbocycles. The minimum absolute atomic E-state index is 0.287. The van der Waals surface area contributed by atoms with Gasteiger partial charge in [-0.3, -0.25) is 0 Å². The van der Waals surface area contributed by atoms with Crippen LogP contribution in [0.3, 0.4) is 0 Å². The molecule has 0 rings (SSSR count). The standard InChI is InChI=1S/C13H28N2O3/c1-11(2)14-7-8-15(9-10-17-6)12(16)18-13(3,4)5/h11,14H,7-10H2,1-6H3. The van der Waals surface area contributed by atoms with E-state index in [0.29, 0.717) is 25.7 Å². The number of amides is 1. The zero-order valence-electron chi connectivity index (χ0n) is 12.6. The summed E-state index contributed by atoms with van der Waals surface area (Å²) in [4.78, 5) is 13.6. The minimum atomic E-state index is -0.464. The molecular formula is C13H28N2O3. The van der Waals surface area contributed by atoms with Crippen molar-refractivity contribution in [2.45, 2.75) is 46.3 Å². The fraction of sp³-hybridized carbons (Fsp3) is 0.923. The molecule has 18 heavy (non-hydrogen) atoms. The Morgan fingerprint density at radius 1 is 1.28 bits per heavy atom. The number of nitrogens with zero attached hydrogens (tertiary/aromatic N) is 1. The molecule has 0 radical (unpaired) electrons. The van der Waals surface area contributed by atoms with E-state index in [-0.39, 0.29) is 6.09 Å². The van der Waals surface area contributed by atoms with E-state index in [1.807, 2.05) is 20.8 Å². The summed E-state index contributed by atoms with van der Waals surface area (Å²) in [6, 6.07) is 0.410. The smallest absolute Gasteiger partial charge is 0.410 e. The molecule has 0 heterocycles. The maximum absolute atomic E-state index is 12.0.